The van der Waals surface area contributed by atoms with Crippen molar-refractivity contribution in [2.45, 2.75) is 38.5 Å². The third-order valence-corrected chi connectivity index (χ3v) is 7.88. The van der Waals surface area contributed by atoms with Gasteiger partial charge < -0.3 is 19.5 Å². The van der Waals surface area contributed by atoms with E-state index in [9.17, 15) is 9.59 Å². The summed E-state index contributed by atoms with van der Waals surface area (Å²) in [6, 6.07) is 19.1. The number of carbonyl (C=O) groups is 2. The Morgan fingerprint density at radius 1 is 0.650 bits per heavy atom. The Kier molecular flexibility index (Phi) is 7.60. The van der Waals surface area contributed by atoms with Gasteiger partial charge in [0, 0.05) is 23.6 Å². The van der Waals surface area contributed by atoms with Crippen LogP contribution >= 0.6 is 22.7 Å². The normalized spacial score (nSPS) is 11.3. The zero-order chi connectivity index (χ0) is 27.3. The van der Waals surface area contributed by atoms with Gasteiger partial charge in [-0.15, -0.1) is 20.4 Å². The average Bonchev–Trinajstić information content (AvgIpc) is 3.73. The average molecular weight is 573 g/mol. The molecule has 0 saturated heterocycles. The summed E-state index contributed by atoms with van der Waals surface area (Å²) in [5.74, 6) is 0.820. The van der Waals surface area contributed by atoms with Crippen molar-refractivity contribution in [2.75, 3.05) is 10.6 Å². The summed E-state index contributed by atoms with van der Waals surface area (Å²) in [5.41, 5.74) is 1.52. The van der Waals surface area contributed by atoms with Gasteiger partial charge in [0.05, 0.1) is 12.8 Å². The topological polar surface area (TPSA) is 136 Å². The lowest BCUT2D eigenvalue weighted by Crippen LogP contribution is -2.13. The second kappa shape index (κ2) is 11.8. The number of nitrogens with one attached hydrogen (secondary N) is 2. The van der Waals surface area contributed by atoms with Gasteiger partial charge in [-0.05, 0) is 37.1 Å². The summed E-state index contributed by atoms with van der Waals surface area (Å²) in [6.07, 6.45) is 3.53. The van der Waals surface area contributed by atoms with Crippen molar-refractivity contribution in [1.29, 1.82) is 0 Å². The van der Waals surface area contributed by atoms with Gasteiger partial charge in [0.15, 0.2) is 0 Å². The molecule has 12 heteroatoms. The minimum atomic E-state index is -0.196. The molecule has 0 spiro atoms. The number of hydrogen-bond acceptors (Lipinski definition) is 10. The van der Waals surface area contributed by atoms with E-state index in [-0.39, 0.29) is 24.7 Å². The number of fused-ring (bicyclic) bond motifs is 2. The Labute approximate surface area is 236 Å². The Morgan fingerprint density at radius 2 is 1.10 bits per heavy atom. The van der Waals surface area contributed by atoms with Crippen LogP contribution in [0, 0.1) is 0 Å². The third-order valence-electron chi connectivity index (χ3n) is 6.08. The molecule has 2 amide bonds. The van der Waals surface area contributed by atoms with Crippen LogP contribution < -0.4 is 10.6 Å². The molecule has 0 unspecified atom stereocenters. The van der Waals surface area contributed by atoms with Crippen molar-refractivity contribution < 1.29 is 18.4 Å². The number of benzene rings is 2. The van der Waals surface area contributed by atoms with E-state index >= 15 is 0 Å². The van der Waals surface area contributed by atoms with E-state index < -0.39 is 0 Å². The number of furan rings is 2. The lowest BCUT2D eigenvalue weighted by Gasteiger charge is -1.98. The van der Waals surface area contributed by atoms with Gasteiger partial charge >= 0.3 is 0 Å². The van der Waals surface area contributed by atoms with Gasteiger partial charge in [-0.3, -0.25) is 9.59 Å². The van der Waals surface area contributed by atoms with Crippen LogP contribution in [0.4, 0.5) is 10.3 Å². The van der Waals surface area contributed by atoms with E-state index in [0.29, 0.717) is 21.8 Å². The molecule has 4 heterocycles. The number of nitrogens with zero attached hydrogens (tertiary/aromatic N) is 4. The van der Waals surface area contributed by atoms with Crippen molar-refractivity contribution >= 4 is 66.7 Å². The molecular weight excluding hydrogens is 548 g/mol. The van der Waals surface area contributed by atoms with Gasteiger partial charge in [0.1, 0.15) is 32.7 Å². The molecule has 40 heavy (non-hydrogen) atoms. The van der Waals surface area contributed by atoms with Crippen LogP contribution in [0.25, 0.3) is 21.9 Å². The van der Waals surface area contributed by atoms with Crippen molar-refractivity contribution in [3.63, 3.8) is 0 Å². The molecule has 6 rings (SSSR count). The van der Waals surface area contributed by atoms with Gasteiger partial charge in [-0.2, -0.15) is 0 Å². The molecule has 0 atom stereocenters. The van der Waals surface area contributed by atoms with Crippen molar-refractivity contribution in [3.05, 3.63) is 82.2 Å². The molecule has 0 aliphatic carbocycles. The van der Waals surface area contributed by atoms with E-state index in [1.165, 1.54) is 22.7 Å². The minimum Gasteiger partial charge on any atom is -0.461 e. The number of hydrogen-bond donors (Lipinski definition) is 2. The van der Waals surface area contributed by atoms with E-state index in [4.69, 9.17) is 8.83 Å². The second-order valence-corrected chi connectivity index (χ2v) is 11.3. The highest BCUT2D eigenvalue weighted by Crippen LogP contribution is 2.23. The number of rotatable bonds is 11. The summed E-state index contributed by atoms with van der Waals surface area (Å²) in [4.78, 5) is 24.8. The van der Waals surface area contributed by atoms with E-state index in [2.05, 4.69) is 31.0 Å². The van der Waals surface area contributed by atoms with Crippen LogP contribution in [-0.2, 0) is 35.3 Å². The highest BCUT2D eigenvalue weighted by molar-refractivity contribution is 7.15. The van der Waals surface area contributed by atoms with Crippen LogP contribution in [-0.4, -0.2) is 32.2 Å². The molecule has 10 nitrogen and oxygen atoms in total. The summed E-state index contributed by atoms with van der Waals surface area (Å²) < 4.78 is 11.4. The summed E-state index contributed by atoms with van der Waals surface area (Å²) in [7, 11) is 0. The number of unbranched alkanes of at least 4 members (excludes halogenated alkanes) is 1. The summed E-state index contributed by atoms with van der Waals surface area (Å²) in [6.45, 7) is 0. The zero-order valence-corrected chi connectivity index (χ0v) is 22.9. The maximum Gasteiger partial charge on any atom is 0.233 e. The molecule has 2 aromatic carbocycles. The molecular formula is C28H24N6O4S2. The Hall–Kier alpha value is -4.42. The highest BCUT2D eigenvalue weighted by Gasteiger charge is 2.14. The SMILES string of the molecule is O=C(Cc1cc2ccccc2o1)Nc1nnc(CCCCc2nnc(NC(=O)Cc3cc4ccccc4o3)s2)s1. The molecule has 0 bridgehead atoms. The number of para-hydroxylation sites is 2. The predicted octanol–water partition coefficient (Wildman–Crippen LogP) is 5.81. The van der Waals surface area contributed by atoms with E-state index in [1.807, 2.05) is 60.7 Å². The fourth-order valence-electron chi connectivity index (χ4n) is 4.25. The standard InChI is InChI=1S/C28H24N6O4S2/c35-23(15-19-13-17-7-1-3-9-21(17)37-19)29-27-33-31-25(39-27)11-5-6-12-26-32-34-28(40-26)30-24(36)16-20-14-18-8-2-4-10-22(18)38-20/h1-4,7-10,13-14H,5-6,11-12,15-16H2,(H,29,33,35)(H,30,34,36). The van der Waals surface area contributed by atoms with Crippen LogP contribution in [0.5, 0.6) is 0 Å². The number of amides is 2. The first kappa shape index (κ1) is 25.8. The first-order valence-corrected chi connectivity index (χ1v) is 14.4. The van der Waals surface area contributed by atoms with Crippen LogP contribution in [0.2, 0.25) is 0 Å². The first-order valence-electron chi connectivity index (χ1n) is 12.8. The quantitative estimate of drug-likeness (QED) is 0.186. The number of aryl methyl sites for hydroxylation is 2. The molecule has 0 aliphatic heterocycles. The highest BCUT2D eigenvalue weighted by atomic mass is 32.1. The Bertz CT molecular complexity index is 1590. The van der Waals surface area contributed by atoms with Gasteiger partial charge in [0.25, 0.3) is 0 Å². The van der Waals surface area contributed by atoms with Gasteiger partial charge in [-0.1, -0.05) is 59.1 Å². The summed E-state index contributed by atoms with van der Waals surface area (Å²) >= 11 is 2.74. The molecule has 6 aromatic rings. The monoisotopic (exact) mass is 572 g/mol. The van der Waals surface area contributed by atoms with Crippen LogP contribution in [0.1, 0.15) is 34.4 Å². The minimum absolute atomic E-state index is 0.133. The molecule has 2 N–H and O–H groups in total. The fraction of sp³-hybridized carbons (Fsp3) is 0.214. The Morgan fingerprint density at radius 3 is 1.55 bits per heavy atom. The number of carbonyl (C=O) groups excluding carboxylic acids is 2. The van der Waals surface area contributed by atoms with E-state index in [0.717, 1.165) is 57.6 Å². The van der Waals surface area contributed by atoms with Crippen LogP contribution in [0.15, 0.2) is 69.5 Å². The smallest absolute Gasteiger partial charge is 0.233 e. The predicted molar refractivity (Wildman–Crippen MR) is 154 cm³/mol. The van der Waals surface area contributed by atoms with Crippen molar-refractivity contribution in [1.82, 2.24) is 20.4 Å². The lowest BCUT2D eigenvalue weighted by molar-refractivity contribution is -0.116. The third kappa shape index (κ3) is 6.41. The Balaban J connectivity index is 0.912. The van der Waals surface area contributed by atoms with Gasteiger partial charge in [0.2, 0.25) is 22.1 Å². The molecule has 0 radical (unpaired) electrons. The zero-order valence-electron chi connectivity index (χ0n) is 21.3. The number of anilines is 2. The van der Waals surface area contributed by atoms with Crippen molar-refractivity contribution in [2.24, 2.45) is 0 Å². The molecule has 4 aromatic heterocycles. The fourth-order valence-corrected chi connectivity index (χ4v) is 5.85. The molecule has 202 valence electrons. The van der Waals surface area contributed by atoms with Crippen LogP contribution in [0.3, 0.4) is 0 Å². The van der Waals surface area contributed by atoms with Crippen molar-refractivity contribution in [3.8, 4) is 0 Å². The number of aromatic nitrogens is 4. The lowest BCUT2D eigenvalue weighted by atomic mass is 10.2. The van der Waals surface area contributed by atoms with Gasteiger partial charge in [-0.25, -0.2) is 0 Å². The maximum absolute atomic E-state index is 12.4. The molecule has 0 aliphatic rings. The molecule has 0 fully saturated rings. The van der Waals surface area contributed by atoms with E-state index in [1.54, 1.807) is 0 Å². The molecule has 0 saturated carbocycles. The maximum atomic E-state index is 12.4. The largest absolute Gasteiger partial charge is 0.461 e. The summed E-state index contributed by atoms with van der Waals surface area (Å²) in [5, 5.41) is 26.8. The second-order valence-electron chi connectivity index (χ2n) is 9.16. The first-order chi connectivity index (χ1) is 19.6.